The molecule has 9 heteroatoms. The summed E-state index contributed by atoms with van der Waals surface area (Å²) >= 11 is 0. The van der Waals surface area contributed by atoms with E-state index in [2.05, 4.69) is 19.9 Å². The normalized spacial score (nSPS) is 11.0. The van der Waals surface area contributed by atoms with Gasteiger partial charge in [0.2, 0.25) is 0 Å². The first-order chi connectivity index (χ1) is 16.1. The number of rotatable bonds is 5. The van der Waals surface area contributed by atoms with Gasteiger partial charge >= 0.3 is 0 Å². The van der Waals surface area contributed by atoms with Crippen molar-refractivity contribution in [3.63, 3.8) is 0 Å². The van der Waals surface area contributed by atoms with E-state index in [0.717, 1.165) is 27.2 Å². The van der Waals surface area contributed by atoms with E-state index in [1.165, 1.54) is 0 Å². The maximum atomic E-state index is 6.31. The van der Waals surface area contributed by atoms with Gasteiger partial charge in [-0.05, 0) is 23.6 Å². The molecule has 0 aliphatic carbocycles. The highest BCUT2D eigenvalue weighted by Gasteiger charge is 2.14. The molecule has 0 saturated heterocycles. The maximum Gasteiger partial charge on any atom is 0.162 e. The molecule has 0 unspecified atom stereocenters. The van der Waals surface area contributed by atoms with E-state index in [0.29, 0.717) is 40.2 Å². The van der Waals surface area contributed by atoms with Crippen LogP contribution in [0.5, 0.6) is 23.0 Å². The highest BCUT2D eigenvalue weighted by atomic mass is 16.5. The van der Waals surface area contributed by atoms with Crippen molar-refractivity contribution in [3.8, 4) is 34.3 Å². The van der Waals surface area contributed by atoms with E-state index < -0.39 is 0 Å². The number of benzene rings is 1. The molecule has 33 heavy (non-hydrogen) atoms. The Bertz CT molecular complexity index is 1510. The summed E-state index contributed by atoms with van der Waals surface area (Å²) in [6, 6.07) is 9.19. The van der Waals surface area contributed by atoms with Crippen molar-refractivity contribution in [3.05, 3.63) is 61.3 Å². The van der Waals surface area contributed by atoms with Gasteiger partial charge in [-0.15, -0.1) is 0 Å². The molecule has 0 saturated carbocycles. The average Bonchev–Trinajstić information content (AvgIpc) is 2.83. The zero-order chi connectivity index (χ0) is 22.9. The molecule has 164 valence electrons. The third-order valence-electron chi connectivity index (χ3n) is 5.19. The summed E-state index contributed by atoms with van der Waals surface area (Å²) < 4.78 is 16.7. The summed E-state index contributed by atoms with van der Waals surface area (Å²) in [6.07, 6.45) is 8.14. The number of methoxy groups -OCH3 is 2. The van der Waals surface area contributed by atoms with E-state index in [1.54, 1.807) is 51.3 Å². The molecule has 4 N–H and O–H groups in total. The van der Waals surface area contributed by atoms with Crippen molar-refractivity contribution >= 4 is 33.2 Å². The lowest BCUT2D eigenvalue weighted by Gasteiger charge is -2.12. The maximum absolute atomic E-state index is 6.31. The van der Waals surface area contributed by atoms with Crippen LogP contribution in [0.4, 0.5) is 11.5 Å². The molecule has 4 heterocycles. The molecule has 0 amide bonds. The van der Waals surface area contributed by atoms with Gasteiger partial charge in [-0.3, -0.25) is 15.0 Å². The molecule has 0 aliphatic heterocycles. The van der Waals surface area contributed by atoms with E-state index in [-0.39, 0.29) is 0 Å². The Morgan fingerprint density at radius 2 is 1.42 bits per heavy atom. The lowest BCUT2D eigenvalue weighted by Crippen LogP contribution is -1.97. The number of anilines is 2. The summed E-state index contributed by atoms with van der Waals surface area (Å²) in [5.41, 5.74) is 14.7. The summed E-state index contributed by atoms with van der Waals surface area (Å²) in [5.74, 6) is 2.59. The number of nitrogen functional groups attached to an aromatic ring is 2. The Labute approximate surface area is 189 Å². The SMILES string of the molecule is COc1cc2ncc3c(N)nc(-c4cncc(Oc5cncc(N)c5)c4)cc3c2cc1OC. The monoisotopic (exact) mass is 440 g/mol. The molecule has 9 nitrogen and oxygen atoms in total. The third kappa shape index (κ3) is 3.76. The van der Waals surface area contributed by atoms with Crippen molar-refractivity contribution in [1.82, 2.24) is 19.9 Å². The quantitative estimate of drug-likeness (QED) is 0.386. The average molecular weight is 440 g/mol. The molecule has 0 spiro atoms. The predicted octanol–water partition coefficient (Wildman–Crippen LogP) is 4.21. The largest absolute Gasteiger partial charge is 0.493 e. The van der Waals surface area contributed by atoms with E-state index >= 15 is 0 Å². The number of hydrogen-bond donors (Lipinski definition) is 2. The highest BCUT2D eigenvalue weighted by Crippen LogP contribution is 2.37. The fraction of sp³-hybridized carbons (Fsp3) is 0.0833. The first kappa shape index (κ1) is 20.3. The van der Waals surface area contributed by atoms with Crippen LogP contribution in [-0.2, 0) is 0 Å². The lowest BCUT2D eigenvalue weighted by atomic mass is 10.0. The van der Waals surface area contributed by atoms with Crippen LogP contribution in [0.2, 0.25) is 0 Å². The number of pyridine rings is 4. The van der Waals surface area contributed by atoms with Crippen LogP contribution in [0, 0.1) is 0 Å². The smallest absolute Gasteiger partial charge is 0.162 e. The summed E-state index contributed by atoms with van der Waals surface area (Å²) in [6.45, 7) is 0. The minimum atomic E-state index is 0.359. The van der Waals surface area contributed by atoms with Crippen molar-refractivity contribution < 1.29 is 14.2 Å². The van der Waals surface area contributed by atoms with Crippen LogP contribution in [0.1, 0.15) is 0 Å². The molecule has 0 radical (unpaired) electrons. The topological polar surface area (TPSA) is 131 Å². The van der Waals surface area contributed by atoms with Gasteiger partial charge in [0.15, 0.2) is 11.5 Å². The minimum absolute atomic E-state index is 0.359. The first-order valence-corrected chi connectivity index (χ1v) is 10.0. The number of aromatic nitrogens is 4. The zero-order valence-electron chi connectivity index (χ0n) is 17.9. The fourth-order valence-electron chi connectivity index (χ4n) is 3.65. The zero-order valence-corrected chi connectivity index (χ0v) is 17.9. The van der Waals surface area contributed by atoms with Crippen LogP contribution in [-0.4, -0.2) is 34.2 Å². The van der Waals surface area contributed by atoms with E-state index in [4.69, 9.17) is 25.7 Å². The van der Waals surface area contributed by atoms with Crippen LogP contribution < -0.4 is 25.7 Å². The van der Waals surface area contributed by atoms with Crippen molar-refractivity contribution in [2.45, 2.75) is 0 Å². The summed E-state index contributed by atoms with van der Waals surface area (Å²) in [5, 5.41) is 2.49. The van der Waals surface area contributed by atoms with Gasteiger partial charge in [0.1, 0.15) is 17.3 Å². The number of hydrogen-bond acceptors (Lipinski definition) is 9. The molecule has 4 aromatic heterocycles. The molecule has 0 bridgehead atoms. The number of fused-ring (bicyclic) bond motifs is 3. The molecule has 0 fully saturated rings. The Balaban J connectivity index is 1.63. The van der Waals surface area contributed by atoms with Gasteiger partial charge < -0.3 is 25.7 Å². The molecular weight excluding hydrogens is 420 g/mol. The standard InChI is InChI=1S/C24H20N6O3/c1-31-22-6-18-17-5-20(30-24(26)19(17)12-29-21(18)7-23(22)32-2)13-3-15(10-27-8-13)33-16-4-14(25)9-28-11-16/h3-12H,25H2,1-2H3,(H2,26,30). The van der Waals surface area contributed by atoms with Crippen LogP contribution in [0.25, 0.3) is 32.9 Å². The van der Waals surface area contributed by atoms with Crippen LogP contribution in [0.3, 0.4) is 0 Å². The second-order valence-corrected chi connectivity index (χ2v) is 7.30. The van der Waals surface area contributed by atoms with Gasteiger partial charge in [-0.1, -0.05) is 0 Å². The summed E-state index contributed by atoms with van der Waals surface area (Å²) in [7, 11) is 3.18. The molecule has 5 aromatic rings. The highest BCUT2D eigenvalue weighted by molar-refractivity contribution is 6.10. The van der Waals surface area contributed by atoms with Crippen molar-refractivity contribution in [1.29, 1.82) is 0 Å². The third-order valence-corrected chi connectivity index (χ3v) is 5.19. The van der Waals surface area contributed by atoms with Crippen molar-refractivity contribution in [2.24, 2.45) is 0 Å². The van der Waals surface area contributed by atoms with Crippen molar-refractivity contribution in [2.75, 3.05) is 25.7 Å². The number of ether oxygens (including phenoxy) is 3. The van der Waals surface area contributed by atoms with Gasteiger partial charge in [0.25, 0.3) is 0 Å². The lowest BCUT2D eigenvalue weighted by molar-refractivity contribution is 0.356. The Kier molecular flexibility index (Phi) is 4.98. The van der Waals surface area contributed by atoms with Gasteiger partial charge in [0.05, 0.1) is 49.7 Å². The Morgan fingerprint density at radius 1 is 0.697 bits per heavy atom. The molecule has 1 aromatic carbocycles. The van der Waals surface area contributed by atoms with Crippen LogP contribution in [0.15, 0.2) is 61.3 Å². The van der Waals surface area contributed by atoms with Gasteiger partial charge in [-0.25, -0.2) is 4.98 Å². The molecular formula is C24H20N6O3. The minimum Gasteiger partial charge on any atom is -0.493 e. The first-order valence-electron chi connectivity index (χ1n) is 10.0. The Morgan fingerprint density at radius 3 is 2.18 bits per heavy atom. The van der Waals surface area contributed by atoms with E-state index in [1.807, 2.05) is 24.3 Å². The number of nitrogens with two attached hydrogens (primary N) is 2. The second-order valence-electron chi connectivity index (χ2n) is 7.30. The van der Waals surface area contributed by atoms with E-state index in [9.17, 15) is 0 Å². The fourth-order valence-corrected chi connectivity index (χ4v) is 3.65. The predicted molar refractivity (Wildman–Crippen MR) is 127 cm³/mol. The second kappa shape index (κ2) is 8.12. The number of nitrogens with zero attached hydrogens (tertiary/aromatic N) is 4. The molecule has 5 rings (SSSR count). The van der Waals surface area contributed by atoms with Gasteiger partial charge in [0, 0.05) is 40.9 Å². The van der Waals surface area contributed by atoms with Gasteiger partial charge in [-0.2, -0.15) is 0 Å². The molecule has 0 atom stereocenters. The molecule has 0 aliphatic rings. The van der Waals surface area contributed by atoms with Crippen LogP contribution >= 0.6 is 0 Å². The summed E-state index contributed by atoms with van der Waals surface area (Å²) in [4.78, 5) is 17.4. The Hall–Kier alpha value is -4.66.